The van der Waals surface area contributed by atoms with Crippen LogP contribution in [0.1, 0.15) is 18.1 Å². The maximum atomic E-state index is 12.4. The lowest BCUT2D eigenvalue weighted by Crippen LogP contribution is -2.09. The first-order valence-electron chi connectivity index (χ1n) is 7.89. The Morgan fingerprint density at radius 1 is 1.23 bits per heavy atom. The fraction of sp³-hybridized carbons (Fsp3) is 0.150. The topological polar surface area (TPSA) is 51.5 Å². The van der Waals surface area contributed by atoms with E-state index in [-0.39, 0.29) is 5.91 Å². The van der Waals surface area contributed by atoms with Gasteiger partial charge in [-0.15, -0.1) is 0 Å². The zero-order valence-electron chi connectivity index (χ0n) is 14.5. The number of carbonyl (C=O) groups is 1. The van der Waals surface area contributed by atoms with E-state index >= 15 is 0 Å². The Balaban J connectivity index is 1.92. The standard InChI is InChI=1S/C20H17Cl2NO3/c1-11(6-20(24)23-17-5-4-13(21)7-16(17)22)14-8-15-12(2)10-26-19(15)9-18(14)25-3/h4-10H,1-3H3,(H,23,24)/b11-6+. The van der Waals surface area contributed by atoms with Gasteiger partial charge in [0, 0.05) is 28.1 Å². The lowest BCUT2D eigenvalue weighted by atomic mass is 10.0. The SMILES string of the molecule is COc1cc2occ(C)c2cc1/C(C)=C/C(=O)Nc1ccc(Cl)cc1Cl. The first-order chi connectivity index (χ1) is 12.4. The first kappa shape index (κ1) is 18.4. The number of allylic oxidation sites excluding steroid dienone is 1. The Bertz CT molecular complexity index is 1020. The molecule has 26 heavy (non-hydrogen) atoms. The normalized spacial score (nSPS) is 11.7. The number of furan rings is 1. The van der Waals surface area contributed by atoms with E-state index in [2.05, 4.69) is 5.32 Å². The molecule has 1 heterocycles. The highest BCUT2D eigenvalue weighted by molar-refractivity contribution is 6.36. The molecule has 0 radical (unpaired) electrons. The second-order valence-corrected chi connectivity index (χ2v) is 6.75. The van der Waals surface area contributed by atoms with Gasteiger partial charge in [-0.25, -0.2) is 0 Å². The van der Waals surface area contributed by atoms with Gasteiger partial charge in [-0.2, -0.15) is 0 Å². The molecule has 0 saturated heterocycles. The van der Waals surface area contributed by atoms with Gasteiger partial charge in [-0.05, 0) is 49.2 Å². The number of nitrogens with one attached hydrogen (secondary N) is 1. The molecule has 134 valence electrons. The molecule has 0 spiro atoms. The predicted octanol–water partition coefficient (Wildman–Crippen LogP) is 6.10. The van der Waals surface area contributed by atoms with E-state index in [0.29, 0.717) is 21.5 Å². The maximum absolute atomic E-state index is 12.4. The quantitative estimate of drug-likeness (QED) is 0.548. The lowest BCUT2D eigenvalue weighted by molar-refractivity contribution is -0.111. The highest BCUT2D eigenvalue weighted by Crippen LogP contribution is 2.33. The van der Waals surface area contributed by atoms with Gasteiger partial charge in [0.1, 0.15) is 11.3 Å². The molecule has 3 rings (SSSR count). The Morgan fingerprint density at radius 3 is 2.69 bits per heavy atom. The number of halogens is 2. The van der Waals surface area contributed by atoms with Crippen LogP contribution in [-0.4, -0.2) is 13.0 Å². The number of fused-ring (bicyclic) bond motifs is 1. The molecule has 1 amide bonds. The molecule has 1 aromatic heterocycles. The molecule has 2 aromatic carbocycles. The number of carbonyl (C=O) groups excluding carboxylic acids is 1. The second kappa shape index (κ2) is 7.44. The fourth-order valence-corrected chi connectivity index (χ4v) is 3.15. The molecule has 1 N–H and O–H groups in total. The number of amides is 1. The second-order valence-electron chi connectivity index (χ2n) is 5.91. The van der Waals surface area contributed by atoms with Crippen LogP contribution in [0.25, 0.3) is 16.5 Å². The van der Waals surface area contributed by atoms with E-state index in [9.17, 15) is 4.79 Å². The lowest BCUT2D eigenvalue weighted by Gasteiger charge is -2.10. The predicted molar refractivity (Wildman–Crippen MR) is 106 cm³/mol. The minimum Gasteiger partial charge on any atom is -0.496 e. The van der Waals surface area contributed by atoms with Gasteiger partial charge in [0.2, 0.25) is 5.91 Å². The molecule has 3 aromatic rings. The average Bonchev–Trinajstić information content (AvgIpc) is 2.96. The highest BCUT2D eigenvalue weighted by Gasteiger charge is 2.13. The van der Waals surface area contributed by atoms with E-state index in [1.54, 1.807) is 31.6 Å². The Kier molecular flexibility index (Phi) is 5.25. The highest BCUT2D eigenvalue weighted by atomic mass is 35.5. The molecular weight excluding hydrogens is 373 g/mol. The maximum Gasteiger partial charge on any atom is 0.248 e. The van der Waals surface area contributed by atoms with Gasteiger partial charge in [0.15, 0.2) is 0 Å². The summed E-state index contributed by atoms with van der Waals surface area (Å²) in [6.45, 7) is 3.82. The van der Waals surface area contributed by atoms with Crippen LogP contribution in [0.15, 0.2) is 47.1 Å². The summed E-state index contributed by atoms with van der Waals surface area (Å²) >= 11 is 12.0. The van der Waals surface area contributed by atoms with Crippen molar-refractivity contribution in [1.82, 2.24) is 0 Å². The third-order valence-electron chi connectivity index (χ3n) is 4.05. The zero-order valence-corrected chi connectivity index (χ0v) is 16.0. The fourth-order valence-electron chi connectivity index (χ4n) is 2.69. The molecule has 0 fully saturated rings. The summed E-state index contributed by atoms with van der Waals surface area (Å²) in [5, 5.41) is 4.62. The minimum atomic E-state index is -0.294. The monoisotopic (exact) mass is 389 g/mol. The van der Waals surface area contributed by atoms with E-state index < -0.39 is 0 Å². The molecular formula is C20H17Cl2NO3. The largest absolute Gasteiger partial charge is 0.496 e. The third kappa shape index (κ3) is 3.71. The van der Waals surface area contributed by atoms with Crippen LogP contribution in [0.4, 0.5) is 5.69 Å². The Hall–Kier alpha value is -2.43. The first-order valence-corrected chi connectivity index (χ1v) is 8.65. The number of rotatable bonds is 4. The summed E-state index contributed by atoms with van der Waals surface area (Å²) in [6, 6.07) is 8.68. The summed E-state index contributed by atoms with van der Waals surface area (Å²) in [6.07, 6.45) is 3.20. The summed E-state index contributed by atoms with van der Waals surface area (Å²) in [5.74, 6) is 0.343. The summed E-state index contributed by atoms with van der Waals surface area (Å²) in [4.78, 5) is 12.4. The minimum absolute atomic E-state index is 0.294. The molecule has 0 atom stereocenters. The van der Waals surface area contributed by atoms with Crippen LogP contribution in [-0.2, 0) is 4.79 Å². The third-order valence-corrected chi connectivity index (χ3v) is 4.60. The zero-order chi connectivity index (χ0) is 18.8. The van der Waals surface area contributed by atoms with Crippen molar-refractivity contribution >= 4 is 51.3 Å². The van der Waals surface area contributed by atoms with Crippen molar-refractivity contribution in [1.29, 1.82) is 0 Å². The summed E-state index contributed by atoms with van der Waals surface area (Å²) in [7, 11) is 1.58. The average molecular weight is 390 g/mol. The molecule has 0 saturated carbocycles. The van der Waals surface area contributed by atoms with Crippen molar-refractivity contribution in [2.24, 2.45) is 0 Å². The Labute approximate surface area is 161 Å². The number of ether oxygens (including phenoxy) is 1. The van der Waals surface area contributed by atoms with Crippen molar-refractivity contribution in [3.8, 4) is 5.75 Å². The number of benzene rings is 2. The smallest absolute Gasteiger partial charge is 0.248 e. The number of hydrogen-bond acceptors (Lipinski definition) is 3. The van der Waals surface area contributed by atoms with Gasteiger partial charge in [0.05, 0.1) is 24.1 Å². The van der Waals surface area contributed by atoms with Gasteiger partial charge in [-0.1, -0.05) is 23.2 Å². The van der Waals surface area contributed by atoms with Crippen molar-refractivity contribution in [2.45, 2.75) is 13.8 Å². The van der Waals surface area contributed by atoms with E-state index in [4.69, 9.17) is 32.4 Å². The summed E-state index contributed by atoms with van der Waals surface area (Å²) < 4.78 is 11.0. The number of hydrogen-bond donors (Lipinski definition) is 1. The van der Waals surface area contributed by atoms with Crippen LogP contribution < -0.4 is 10.1 Å². The van der Waals surface area contributed by atoms with E-state index in [1.807, 2.05) is 26.0 Å². The van der Waals surface area contributed by atoms with Crippen molar-refractivity contribution in [3.05, 3.63) is 63.8 Å². The van der Waals surface area contributed by atoms with E-state index in [0.717, 1.165) is 27.7 Å². The van der Waals surface area contributed by atoms with Crippen LogP contribution in [0.2, 0.25) is 10.0 Å². The van der Waals surface area contributed by atoms with Gasteiger partial charge < -0.3 is 14.5 Å². The van der Waals surface area contributed by atoms with Crippen LogP contribution in [0.5, 0.6) is 5.75 Å². The van der Waals surface area contributed by atoms with Crippen molar-refractivity contribution < 1.29 is 13.9 Å². The van der Waals surface area contributed by atoms with Crippen LogP contribution in [0.3, 0.4) is 0 Å². The van der Waals surface area contributed by atoms with Gasteiger partial charge in [0.25, 0.3) is 0 Å². The van der Waals surface area contributed by atoms with Gasteiger partial charge in [-0.3, -0.25) is 4.79 Å². The molecule has 6 heteroatoms. The Morgan fingerprint density at radius 2 is 2.00 bits per heavy atom. The number of methoxy groups -OCH3 is 1. The van der Waals surface area contributed by atoms with Crippen LogP contribution in [0, 0.1) is 6.92 Å². The van der Waals surface area contributed by atoms with E-state index in [1.165, 1.54) is 6.08 Å². The van der Waals surface area contributed by atoms with Gasteiger partial charge >= 0.3 is 0 Å². The molecule has 0 aliphatic carbocycles. The van der Waals surface area contributed by atoms with Crippen molar-refractivity contribution in [3.63, 3.8) is 0 Å². The molecule has 4 nitrogen and oxygen atoms in total. The number of aryl methyl sites for hydroxylation is 1. The van der Waals surface area contributed by atoms with Crippen LogP contribution >= 0.6 is 23.2 Å². The van der Waals surface area contributed by atoms with Crippen molar-refractivity contribution in [2.75, 3.05) is 12.4 Å². The number of anilines is 1. The molecule has 0 aliphatic rings. The summed E-state index contributed by atoms with van der Waals surface area (Å²) in [5.41, 5.74) is 3.84. The molecule has 0 unspecified atom stereocenters. The molecule has 0 aliphatic heterocycles. The molecule has 0 bridgehead atoms.